The Labute approximate surface area is 235 Å². The first-order chi connectivity index (χ1) is 18.0. The van der Waals surface area contributed by atoms with Gasteiger partial charge in [-0.15, -0.1) is 0 Å². The first kappa shape index (κ1) is 34.1. The minimum atomic E-state index is -0.869. The van der Waals surface area contributed by atoms with Gasteiger partial charge in [0.2, 0.25) is 11.8 Å². The fourth-order valence-corrected chi connectivity index (χ4v) is 4.77. The molecule has 0 aliphatic rings. The third-order valence-corrected chi connectivity index (χ3v) is 7.05. The van der Waals surface area contributed by atoms with E-state index in [1.807, 2.05) is 78.8 Å². The summed E-state index contributed by atoms with van der Waals surface area (Å²) in [5, 5.41) is 3.02. The van der Waals surface area contributed by atoms with Crippen LogP contribution in [-0.2, 0) is 29.3 Å². The highest BCUT2D eigenvalue weighted by atomic mass is 16.5. The Morgan fingerprint density at radius 1 is 1.05 bits per heavy atom. The maximum atomic E-state index is 14.0. The Balaban J connectivity index is 3.44. The molecule has 1 aromatic carbocycles. The summed E-state index contributed by atoms with van der Waals surface area (Å²) in [6.45, 7) is 17.2. The molecule has 0 saturated carbocycles. The third kappa shape index (κ3) is 9.06. The Kier molecular flexibility index (Phi) is 12.6. The van der Waals surface area contributed by atoms with Crippen LogP contribution in [0.15, 0.2) is 42.0 Å². The van der Waals surface area contributed by atoms with Crippen molar-refractivity contribution < 1.29 is 23.9 Å². The second-order valence-electron chi connectivity index (χ2n) is 12.0. The van der Waals surface area contributed by atoms with Crippen molar-refractivity contribution in [2.45, 2.75) is 85.9 Å². The molecule has 0 spiro atoms. The number of carbonyl (C=O) groups is 4. The number of hydrogen-bond donors (Lipinski definition) is 1. The summed E-state index contributed by atoms with van der Waals surface area (Å²) >= 11 is 0. The second kappa shape index (κ2) is 14.5. The summed E-state index contributed by atoms with van der Waals surface area (Å²) < 4.78 is 5.12. The summed E-state index contributed by atoms with van der Waals surface area (Å²) in [7, 11) is 4.69. The SMILES string of the molecule is CCOC(=O)C(C)=C[C@H](C(C)C)N(C)C(=O)[C@@H](NC(=O)[C@@H](N(C)[B]C=O)C(C)(C)c1ccccc1)C(C)(C)C. The van der Waals surface area contributed by atoms with Crippen LogP contribution < -0.4 is 5.32 Å². The summed E-state index contributed by atoms with van der Waals surface area (Å²) in [5.74, 6) is -1.07. The van der Waals surface area contributed by atoms with Crippen molar-refractivity contribution in [3.05, 3.63) is 47.5 Å². The van der Waals surface area contributed by atoms with Gasteiger partial charge in [-0.25, -0.2) is 4.79 Å². The van der Waals surface area contributed by atoms with Gasteiger partial charge in [-0.2, -0.15) is 0 Å². The van der Waals surface area contributed by atoms with E-state index in [0.29, 0.717) is 11.8 Å². The number of esters is 1. The minimum absolute atomic E-state index is 0.00210. The van der Waals surface area contributed by atoms with Gasteiger partial charge in [0.15, 0.2) is 0 Å². The molecular weight excluding hydrogens is 493 g/mol. The van der Waals surface area contributed by atoms with Crippen molar-refractivity contribution in [1.82, 2.24) is 15.0 Å². The van der Waals surface area contributed by atoms with Crippen LogP contribution in [0.25, 0.3) is 0 Å². The highest BCUT2D eigenvalue weighted by molar-refractivity contribution is 6.64. The molecule has 8 nitrogen and oxygen atoms in total. The van der Waals surface area contributed by atoms with Crippen LogP contribution in [0, 0.1) is 11.3 Å². The predicted molar refractivity (Wildman–Crippen MR) is 157 cm³/mol. The van der Waals surface area contributed by atoms with E-state index in [0.717, 1.165) is 5.56 Å². The molecule has 0 saturated heterocycles. The zero-order chi connectivity index (χ0) is 30.1. The first-order valence-corrected chi connectivity index (χ1v) is 13.5. The maximum absolute atomic E-state index is 14.0. The quantitative estimate of drug-likeness (QED) is 0.178. The van der Waals surface area contributed by atoms with E-state index >= 15 is 0 Å². The molecule has 1 rings (SSSR count). The van der Waals surface area contributed by atoms with Crippen LogP contribution in [0.1, 0.15) is 67.9 Å². The molecule has 0 bridgehead atoms. The van der Waals surface area contributed by atoms with Crippen LogP contribution in [-0.4, -0.2) is 79.9 Å². The molecule has 0 unspecified atom stereocenters. The van der Waals surface area contributed by atoms with Crippen molar-refractivity contribution in [2.75, 3.05) is 20.7 Å². The molecule has 0 heterocycles. The Bertz CT molecular complexity index is 1020. The Morgan fingerprint density at radius 2 is 1.62 bits per heavy atom. The summed E-state index contributed by atoms with van der Waals surface area (Å²) in [5.41, 5.74) is 0.0158. The fraction of sp³-hybridized carbons (Fsp3) is 0.600. The van der Waals surface area contributed by atoms with Crippen LogP contribution in [0.3, 0.4) is 0 Å². The minimum Gasteiger partial charge on any atom is -0.463 e. The van der Waals surface area contributed by atoms with Crippen molar-refractivity contribution in [3.8, 4) is 0 Å². The van der Waals surface area contributed by atoms with E-state index in [1.165, 1.54) is 7.41 Å². The molecular formula is C30H47BN3O5. The van der Waals surface area contributed by atoms with Crippen molar-refractivity contribution in [3.63, 3.8) is 0 Å². The summed E-state index contributed by atoms with van der Waals surface area (Å²) in [6.07, 6.45) is 2.39. The van der Waals surface area contributed by atoms with Crippen LogP contribution >= 0.6 is 0 Å². The third-order valence-electron chi connectivity index (χ3n) is 7.05. The summed E-state index contributed by atoms with van der Waals surface area (Å²) in [4.78, 5) is 54.7. The van der Waals surface area contributed by atoms with Gasteiger partial charge in [0.05, 0.1) is 24.9 Å². The molecule has 39 heavy (non-hydrogen) atoms. The number of amides is 2. The van der Waals surface area contributed by atoms with Gasteiger partial charge in [-0.05, 0) is 37.8 Å². The van der Waals surface area contributed by atoms with E-state index in [1.54, 1.807) is 43.7 Å². The summed E-state index contributed by atoms with van der Waals surface area (Å²) in [6, 6.07) is 7.57. The molecule has 0 aliphatic carbocycles. The number of rotatable bonds is 13. The van der Waals surface area contributed by atoms with E-state index < -0.39 is 34.9 Å². The van der Waals surface area contributed by atoms with Crippen molar-refractivity contribution in [1.29, 1.82) is 0 Å². The lowest BCUT2D eigenvalue weighted by Gasteiger charge is -2.42. The Morgan fingerprint density at radius 3 is 2.08 bits per heavy atom. The fourth-order valence-electron chi connectivity index (χ4n) is 4.77. The molecule has 1 aromatic rings. The number of nitrogens with one attached hydrogen (secondary N) is 1. The van der Waals surface area contributed by atoms with E-state index in [-0.39, 0.29) is 24.3 Å². The van der Waals surface area contributed by atoms with Gasteiger partial charge in [0.25, 0.3) is 7.41 Å². The lowest BCUT2D eigenvalue weighted by Crippen LogP contribution is -2.62. The van der Waals surface area contributed by atoms with Crippen LogP contribution in [0.5, 0.6) is 0 Å². The monoisotopic (exact) mass is 540 g/mol. The molecule has 2 amide bonds. The van der Waals surface area contributed by atoms with E-state index in [2.05, 4.69) is 5.32 Å². The molecule has 1 radical (unpaired) electrons. The van der Waals surface area contributed by atoms with Gasteiger partial charge in [-0.3, -0.25) is 9.59 Å². The predicted octanol–water partition coefficient (Wildman–Crippen LogP) is 3.60. The smallest absolute Gasteiger partial charge is 0.333 e. The molecule has 215 valence electrons. The lowest BCUT2D eigenvalue weighted by molar-refractivity contribution is -0.141. The normalized spacial score (nSPS) is 14.8. The number of nitrogens with zero attached hydrogens (tertiary/aromatic N) is 2. The Hall–Kier alpha value is -2.94. The number of ether oxygens (including phenoxy) is 1. The molecule has 0 fully saturated rings. The van der Waals surface area contributed by atoms with Crippen LogP contribution in [0.2, 0.25) is 0 Å². The zero-order valence-electron chi connectivity index (χ0n) is 25.6. The maximum Gasteiger partial charge on any atom is 0.333 e. The van der Waals surface area contributed by atoms with Crippen LogP contribution in [0.4, 0.5) is 0 Å². The average Bonchev–Trinajstić information content (AvgIpc) is 2.84. The van der Waals surface area contributed by atoms with Gasteiger partial charge < -0.3 is 24.6 Å². The van der Waals surface area contributed by atoms with Crippen molar-refractivity contribution in [2.24, 2.45) is 11.3 Å². The lowest BCUT2D eigenvalue weighted by atomic mass is 9.73. The topological polar surface area (TPSA) is 96.0 Å². The number of likely N-dealkylation sites (N-methyl/N-ethyl adjacent to an activating group) is 2. The number of benzene rings is 1. The largest absolute Gasteiger partial charge is 0.463 e. The molecule has 3 atom stereocenters. The average molecular weight is 541 g/mol. The highest BCUT2D eigenvalue weighted by Gasteiger charge is 2.43. The molecule has 0 aliphatic heterocycles. The standard InChI is InChI=1S/C30H47BN3O5/c1-12-39-28(38)21(4)18-23(20(2)3)33(10)27(37)24(29(5,6)7)32-26(36)25(34(11)31-19-35)30(8,9)22-16-14-13-15-17-22/h13-20,23-25H,12H2,1-11H3,(H,32,36)/t23-,24-,25-/m1/s1. The number of carbonyl (C=O) groups excluding carboxylic acids is 4. The van der Waals surface area contributed by atoms with Gasteiger partial charge in [-0.1, -0.05) is 84.9 Å². The van der Waals surface area contributed by atoms with Gasteiger partial charge in [0, 0.05) is 18.0 Å². The highest BCUT2D eigenvalue weighted by Crippen LogP contribution is 2.31. The molecule has 1 N–H and O–H groups in total. The molecule has 9 heteroatoms. The second-order valence-corrected chi connectivity index (χ2v) is 12.0. The van der Waals surface area contributed by atoms with Crippen molar-refractivity contribution >= 4 is 31.4 Å². The van der Waals surface area contributed by atoms with E-state index in [9.17, 15) is 19.2 Å². The zero-order valence-corrected chi connectivity index (χ0v) is 25.6. The van der Waals surface area contributed by atoms with E-state index in [4.69, 9.17) is 4.74 Å². The first-order valence-electron chi connectivity index (χ1n) is 13.5. The number of hydrogen-bond acceptors (Lipinski definition) is 6. The van der Waals surface area contributed by atoms with Gasteiger partial charge >= 0.3 is 5.97 Å². The van der Waals surface area contributed by atoms with Gasteiger partial charge in [0.1, 0.15) is 6.04 Å². The molecule has 0 aromatic heterocycles.